The van der Waals surface area contributed by atoms with E-state index in [1.807, 2.05) is 18.2 Å². The van der Waals surface area contributed by atoms with Gasteiger partial charge in [0.05, 0.1) is 13.6 Å². The lowest BCUT2D eigenvalue weighted by Crippen LogP contribution is -2.41. The van der Waals surface area contributed by atoms with Crippen LogP contribution in [0.3, 0.4) is 0 Å². The van der Waals surface area contributed by atoms with Crippen molar-refractivity contribution in [3.05, 3.63) is 42.5 Å². The van der Waals surface area contributed by atoms with E-state index in [1.165, 1.54) is 9.20 Å². The summed E-state index contributed by atoms with van der Waals surface area (Å²) in [5.74, 6) is 0.0229. The van der Waals surface area contributed by atoms with Gasteiger partial charge in [0.25, 0.3) is 5.91 Å². The van der Waals surface area contributed by atoms with Crippen LogP contribution in [0.4, 0.5) is 0 Å². The maximum atomic E-state index is 12.4. The van der Waals surface area contributed by atoms with Crippen molar-refractivity contribution in [1.29, 1.82) is 0 Å². The Morgan fingerprint density at radius 1 is 1.37 bits per heavy atom. The van der Waals surface area contributed by atoms with E-state index in [0.717, 1.165) is 10.9 Å². The fourth-order valence-electron chi connectivity index (χ4n) is 2.05. The molecule has 0 unspecified atom stereocenters. The monoisotopic (exact) mass is 289 g/mol. The molecule has 1 amide bonds. The van der Waals surface area contributed by atoms with Gasteiger partial charge in [-0.25, -0.2) is 0 Å². The minimum Gasteiger partial charge on any atom is -0.349 e. The van der Waals surface area contributed by atoms with Gasteiger partial charge in [-0.05, 0) is 6.07 Å². The molecule has 100 valence electrons. The van der Waals surface area contributed by atoms with Crippen molar-refractivity contribution in [2.75, 3.05) is 6.54 Å². The zero-order valence-electron chi connectivity index (χ0n) is 11.6. The average molecular weight is 289 g/mol. The van der Waals surface area contributed by atoms with Crippen LogP contribution in [0.25, 0.3) is 10.1 Å². The highest BCUT2D eigenvalue weighted by Crippen LogP contribution is 2.27. The lowest BCUT2D eigenvalue weighted by Gasteiger charge is -2.16. The van der Waals surface area contributed by atoms with Crippen LogP contribution in [0.1, 0.15) is 10.4 Å². The molecule has 0 fully saturated rings. The van der Waals surface area contributed by atoms with Gasteiger partial charge in [0.15, 0.2) is 0 Å². The molecule has 1 N–H and O–H groups in total. The van der Waals surface area contributed by atoms with Crippen LogP contribution >= 0.6 is 11.3 Å². The molecular formula is C15H19NOSSi. The number of rotatable bonds is 4. The van der Waals surface area contributed by atoms with Crippen LogP contribution in [0.2, 0.25) is 19.6 Å². The number of hydrogen-bond donors (Lipinski definition) is 1. The molecule has 2 rings (SSSR count). The number of amides is 1. The topological polar surface area (TPSA) is 29.1 Å². The Balaban J connectivity index is 2.61. The highest BCUT2D eigenvalue weighted by atomic mass is 32.1. The van der Waals surface area contributed by atoms with Crippen LogP contribution < -0.4 is 9.82 Å². The van der Waals surface area contributed by atoms with Crippen LogP contribution in [0, 0.1) is 0 Å². The van der Waals surface area contributed by atoms with Crippen LogP contribution in [0.5, 0.6) is 0 Å². The van der Waals surface area contributed by atoms with E-state index in [-0.39, 0.29) is 5.91 Å². The second-order valence-electron chi connectivity index (χ2n) is 5.55. The maximum absolute atomic E-state index is 12.4. The number of benzene rings is 1. The summed E-state index contributed by atoms with van der Waals surface area (Å²) in [5, 5.41) is 3.99. The number of fused-ring (bicyclic) bond motifs is 1. The maximum Gasteiger partial charge on any atom is 0.252 e. The third-order valence-corrected chi connectivity index (χ3v) is 7.65. The van der Waals surface area contributed by atoms with Crippen LogP contribution in [-0.2, 0) is 0 Å². The quantitative estimate of drug-likeness (QED) is 0.678. The minimum absolute atomic E-state index is 0.0229. The Bertz CT molecular complexity index is 625. The molecule has 2 nitrogen and oxygen atoms in total. The highest BCUT2D eigenvalue weighted by molar-refractivity contribution is 7.32. The van der Waals surface area contributed by atoms with E-state index in [0.29, 0.717) is 6.54 Å². The molecule has 1 aromatic heterocycles. The standard InChI is InChI=1S/C15H19NOSSi/c1-5-10-16-14(17)13-11-8-6-7-9-12(11)18-15(13)19(2,3)4/h5-9H,1,10H2,2-4H3,(H,16,17). The van der Waals surface area contributed by atoms with E-state index in [9.17, 15) is 4.79 Å². The molecule has 0 saturated heterocycles. The normalized spacial score (nSPS) is 11.5. The molecule has 0 radical (unpaired) electrons. The summed E-state index contributed by atoms with van der Waals surface area (Å²) >= 11 is 1.77. The van der Waals surface area contributed by atoms with Crippen molar-refractivity contribution in [2.24, 2.45) is 0 Å². The van der Waals surface area contributed by atoms with Gasteiger partial charge in [0.2, 0.25) is 0 Å². The van der Waals surface area contributed by atoms with E-state index in [2.05, 4.69) is 37.6 Å². The minimum atomic E-state index is -1.53. The van der Waals surface area contributed by atoms with Gasteiger partial charge < -0.3 is 5.32 Å². The Hall–Kier alpha value is -1.39. The first-order chi connectivity index (χ1) is 8.95. The molecule has 0 atom stereocenters. The van der Waals surface area contributed by atoms with Crippen molar-refractivity contribution in [2.45, 2.75) is 19.6 Å². The number of thiophene rings is 1. The smallest absolute Gasteiger partial charge is 0.252 e. The third kappa shape index (κ3) is 2.79. The summed E-state index contributed by atoms with van der Waals surface area (Å²) in [6, 6.07) is 8.15. The van der Waals surface area contributed by atoms with Crippen LogP contribution in [0.15, 0.2) is 36.9 Å². The van der Waals surface area contributed by atoms with Gasteiger partial charge >= 0.3 is 0 Å². The highest BCUT2D eigenvalue weighted by Gasteiger charge is 2.27. The fraction of sp³-hybridized carbons (Fsp3) is 0.267. The molecule has 0 saturated carbocycles. The van der Waals surface area contributed by atoms with Gasteiger partial charge in [0, 0.05) is 21.1 Å². The lowest BCUT2D eigenvalue weighted by atomic mass is 10.1. The predicted octanol–water partition coefficient (Wildman–Crippen LogP) is 3.36. The van der Waals surface area contributed by atoms with Crippen molar-refractivity contribution in [3.8, 4) is 0 Å². The molecule has 2 aromatic rings. The van der Waals surface area contributed by atoms with Crippen molar-refractivity contribution < 1.29 is 4.79 Å². The molecule has 4 heteroatoms. The largest absolute Gasteiger partial charge is 0.349 e. The molecule has 0 aliphatic rings. The first kappa shape index (κ1) is 14.0. The summed E-state index contributed by atoms with van der Waals surface area (Å²) in [7, 11) is -1.53. The summed E-state index contributed by atoms with van der Waals surface area (Å²) < 4.78 is 2.47. The third-order valence-electron chi connectivity index (χ3n) is 2.91. The lowest BCUT2D eigenvalue weighted by molar-refractivity contribution is 0.0961. The van der Waals surface area contributed by atoms with E-state index >= 15 is 0 Å². The van der Waals surface area contributed by atoms with Crippen LogP contribution in [-0.4, -0.2) is 20.5 Å². The second kappa shape index (κ2) is 5.31. The fourth-order valence-corrected chi connectivity index (χ4v) is 5.56. The molecule has 0 aliphatic heterocycles. The Morgan fingerprint density at radius 3 is 2.68 bits per heavy atom. The first-order valence-corrected chi connectivity index (χ1v) is 10.7. The zero-order valence-corrected chi connectivity index (χ0v) is 13.4. The zero-order chi connectivity index (χ0) is 14.0. The summed E-state index contributed by atoms with van der Waals surface area (Å²) in [6.45, 7) is 11.0. The molecule has 0 bridgehead atoms. The second-order valence-corrected chi connectivity index (χ2v) is 12.0. The predicted molar refractivity (Wildman–Crippen MR) is 87.3 cm³/mol. The number of hydrogen-bond acceptors (Lipinski definition) is 2. The van der Waals surface area contributed by atoms with E-state index in [4.69, 9.17) is 0 Å². The molecule has 1 aromatic carbocycles. The van der Waals surface area contributed by atoms with Gasteiger partial charge in [-0.1, -0.05) is 43.9 Å². The Labute approximate surface area is 119 Å². The number of carbonyl (C=O) groups excluding carboxylic acids is 1. The van der Waals surface area contributed by atoms with E-state index < -0.39 is 8.07 Å². The van der Waals surface area contributed by atoms with Crippen molar-refractivity contribution >= 4 is 39.9 Å². The van der Waals surface area contributed by atoms with Gasteiger partial charge in [-0.2, -0.15) is 0 Å². The molecular weight excluding hydrogens is 270 g/mol. The summed E-state index contributed by atoms with van der Waals surface area (Å²) in [6.07, 6.45) is 1.71. The van der Waals surface area contributed by atoms with Gasteiger partial charge in [-0.3, -0.25) is 4.79 Å². The van der Waals surface area contributed by atoms with Crippen molar-refractivity contribution in [1.82, 2.24) is 5.32 Å². The molecule has 19 heavy (non-hydrogen) atoms. The summed E-state index contributed by atoms with van der Waals surface area (Å²) in [5.41, 5.74) is 0.876. The first-order valence-electron chi connectivity index (χ1n) is 6.36. The number of carbonyl (C=O) groups is 1. The average Bonchev–Trinajstić information content (AvgIpc) is 2.75. The van der Waals surface area contributed by atoms with Gasteiger partial charge in [0.1, 0.15) is 0 Å². The van der Waals surface area contributed by atoms with Crippen molar-refractivity contribution in [3.63, 3.8) is 0 Å². The summed E-state index contributed by atoms with van der Waals surface area (Å²) in [4.78, 5) is 12.4. The molecule has 0 aliphatic carbocycles. The van der Waals surface area contributed by atoms with Gasteiger partial charge in [-0.15, -0.1) is 17.9 Å². The Kier molecular flexibility index (Phi) is 3.92. The molecule has 0 spiro atoms. The van der Waals surface area contributed by atoms with E-state index in [1.54, 1.807) is 17.4 Å². The number of nitrogens with one attached hydrogen (secondary N) is 1. The Morgan fingerprint density at radius 2 is 2.05 bits per heavy atom. The molecule has 1 heterocycles. The SMILES string of the molecule is C=CCNC(=O)c1c([Si](C)(C)C)sc2ccccc12.